The van der Waals surface area contributed by atoms with Gasteiger partial charge < -0.3 is 4.90 Å². The molecular weight excluding hydrogens is 242 g/mol. The molecule has 1 unspecified atom stereocenters. The highest BCUT2D eigenvalue weighted by molar-refractivity contribution is 4.75. The van der Waals surface area contributed by atoms with Crippen LogP contribution in [-0.2, 0) is 0 Å². The van der Waals surface area contributed by atoms with Gasteiger partial charge in [-0.05, 0) is 38.3 Å². The third-order valence-corrected chi connectivity index (χ3v) is 4.88. The highest BCUT2D eigenvalue weighted by atomic mass is 15.1. The third kappa shape index (κ3) is 9.00. The van der Waals surface area contributed by atoms with Crippen molar-refractivity contribution in [1.29, 1.82) is 0 Å². The summed E-state index contributed by atoms with van der Waals surface area (Å²) in [5, 5.41) is 0. The van der Waals surface area contributed by atoms with Crippen LogP contribution >= 0.6 is 0 Å². The van der Waals surface area contributed by atoms with Crippen LogP contribution in [0.3, 0.4) is 0 Å². The molecular formula is C19H39N. The topological polar surface area (TPSA) is 3.24 Å². The fourth-order valence-electron chi connectivity index (χ4n) is 3.59. The van der Waals surface area contributed by atoms with Crippen molar-refractivity contribution in [2.75, 3.05) is 19.6 Å². The molecule has 1 heteroatoms. The van der Waals surface area contributed by atoms with Gasteiger partial charge in [0.05, 0.1) is 0 Å². The average Bonchev–Trinajstić information content (AvgIpc) is 2.89. The molecule has 0 saturated carbocycles. The summed E-state index contributed by atoms with van der Waals surface area (Å²) in [6.45, 7) is 8.69. The Balaban J connectivity index is 1.79. The Hall–Kier alpha value is -0.0400. The van der Waals surface area contributed by atoms with Gasteiger partial charge in [0.2, 0.25) is 0 Å². The van der Waals surface area contributed by atoms with Gasteiger partial charge in [-0.1, -0.05) is 78.1 Å². The zero-order valence-corrected chi connectivity index (χ0v) is 14.3. The lowest BCUT2D eigenvalue weighted by Crippen LogP contribution is -2.21. The smallest absolute Gasteiger partial charge is 0.00101 e. The van der Waals surface area contributed by atoms with Gasteiger partial charge in [0.1, 0.15) is 0 Å². The summed E-state index contributed by atoms with van der Waals surface area (Å²) >= 11 is 0. The van der Waals surface area contributed by atoms with Crippen LogP contribution in [0.5, 0.6) is 0 Å². The van der Waals surface area contributed by atoms with Crippen molar-refractivity contribution in [3.63, 3.8) is 0 Å². The minimum atomic E-state index is 1.02. The molecule has 1 atom stereocenters. The van der Waals surface area contributed by atoms with Crippen LogP contribution in [0.4, 0.5) is 0 Å². The lowest BCUT2D eigenvalue weighted by Gasteiger charge is -2.14. The maximum atomic E-state index is 2.67. The molecule has 1 saturated heterocycles. The second kappa shape index (κ2) is 12.7. The molecule has 1 heterocycles. The van der Waals surface area contributed by atoms with Crippen LogP contribution in [0, 0.1) is 5.92 Å². The minimum Gasteiger partial charge on any atom is -0.303 e. The molecule has 1 aliphatic heterocycles. The van der Waals surface area contributed by atoms with E-state index in [1.807, 2.05) is 0 Å². The Kier molecular flexibility index (Phi) is 11.4. The zero-order valence-electron chi connectivity index (χ0n) is 14.3. The summed E-state index contributed by atoms with van der Waals surface area (Å²) < 4.78 is 0. The van der Waals surface area contributed by atoms with E-state index in [-0.39, 0.29) is 0 Å². The number of rotatable bonds is 13. The van der Waals surface area contributed by atoms with E-state index in [9.17, 15) is 0 Å². The van der Waals surface area contributed by atoms with Gasteiger partial charge in [-0.25, -0.2) is 0 Å². The molecule has 0 aliphatic carbocycles. The Morgan fingerprint density at radius 2 is 1.35 bits per heavy atom. The lowest BCUT2D eigenvalue weighted by molar-refractivity contribution is 0.319. The van der Waals surface area contributed by atoms with Crippen molar-refractivity contribution in [3.8, 4) is 0 Å². The van der Waals surface area contributed by atoms with E-state index in [2.05, 4.69) is 18.7 Å². The first kappa shape index (κ1) is 18.0. The van der Waals surface area contributed by atoms with Gasteiger partial charge in [-0.2, -0.15) is 0 Å². The van der Waals surface area contributed by atoms with Crippen LogP contribution in [0.2, 0.25) is 0 Å². The van der Waals surface area contributed by atoms with Crippen molar-refractivity contribution in [3.05, 3.63) is 0 Å². The van der Waals surface area contributed by atoms with Gasteiger partial charge in [0.25, 0.3) is 0 Å². The Morgan fingerprint density at radius 3 is 1.95 bits per heavy atom. The van der Waals surface area contributed by atoms with E-state index < -0.39 is 0 Å². The summed E-state index contributed by atoms with van der Waals surface area (Å²) in [6, 6.07) is 0. The first-order valence-electron chi connectivity index (χ1n) is 9.59. The predicted octanol–water partition coefficient (Wildman–Crippen LogP) is 6.03. The van der Waals surface area contributed by atoms with Gasteiger partial charge in [-0.3, -0.25) is 0 Å². The van der Waals surface area contributed by atoms with Crippen LogP contribution in [0.15, 0.2) is 0 Å². The maximum absolute atomic E-state index is 2.67. The van der Waals surface area contributed by atoms with Crippen LogP contribution < -0.4 is 0 Å². The quantitative estimate of drug-likeness (QED) is 0.373. The van der Waals surface area contributed by atoms with Crippen LogP contribution in [-0.4, -0.2) is 24.5 Å². The van der Waals surface area contributed by atoms with Crippen molar-refractivity contribution in [2.45, 2.75) is 97.3 Å². The molecule has 1 fully saturated rings. The van der Waals surface area contributed by atoms with E-state index in [1.165, 1.54) is 103 Å². The number of unbranched alkanes of at least 4 members (excludes halogenated alkanes) is 9. The van der Waals surface area contributed by atoms with Crippen molar-refractivity contribution in [2.24, 2.45) is 5.92 Å². The fraction of sp³-hybridized carbons (Fsp3) is 1.00. The monoisotopic (exact) mass is 281 g/mol. The highest BCUT2D eigenvalue weighted by Crippen LogP contribution is 2.22. The standard InChI is InChI=1S/C19H39N/c1-3-5-6-7-8-9-10-11-12-13-14-19-15-17-20(18-19)16-4-2/h19H,3-18H2,1-2H3. The molecule has 0 aromatic carbocycles. The normalized spacial score (nSPS) is 19.8. The first-order chi connectivity index (χ1) is 9.86. The van der Waals surface area contributed by atoms with Crippen molar-refractivity contribution < 1.29 is 0 Å². The Bertz CT molecular complexity index is 202. The van der Waals surface area contributed by atoms with Gasteiger partial charge in [0, 0.05) is 6.54 Å². The van der Waals surface area contributed by atoms with Crippen molar-refractivity contribution >= 4 is 0 Å². The summed E-state index contributed by atoms with van der Waals surface area (Å²) in [6.07, 6.45) is 19.0. The summed E-state index contributed by atoms with van der Waals surface area (Å²) in [4.78, 5) is 2.67. The van der Waals surface area contributed by atoms with E-state index in [0.29, 0.717) is 0 Å². The lowest BCUT2D eigenvalue weighted by atomic mass is 9.99. The number of hydrogen-bond donors (Lipinski definition) is 0. The molecule has 0 aromatic rings. The molecule has 0 radical (unpaired) electrons. The van der Waals surface area contributed by atoms with E-state index in [4.69, 9.17) is 0 Å². The molecule has 0 aromatic heterocycles. The Labute approximate surface area is 128 Å². The van der Waals surface area contributed by atoms with Gasteiger partial charge in [0.15, 0.2) is 0 Å². The first-order valence-corrected chi connectivity index (χ1v) is 9.59. The predicted molar refractivity (Wildman–Crippen MR) is 91.3 cm³/mol. The largest absolute Gasteiger partial charge is 0.303 e. The van der Waals surface area contributed by atoms with E-state index in [0.717, 1.165) is 5.92 Å². The fourth-order valence-corrected chi connectivity index (χ4v) is 3.59. The summed E-state index contributed by atoms with van der Waals surface area (Å²) in [7, 11) is 0. The average molecular weight is 282 g/mol. The van der Waals surface area contributed by atoms with E-state index >= 15 is 0 Å². The molecule has 1 nitrogen and oxygen atoms in total. The summed E-state index contributed by atoms with van der Waals surface area (Å²) in [5.41, 5.74) is 0. The molecule has 1 rings (SSSR count). The van der Waals surface area contributed by atoms with Gasteiger partial charge >= 0.3 is 0 Å². The second-order valence-electron chi connectivity index (χ2n) is 6.93. The van der Waals surface area contributed by atoms with E-state index in [1.54, 1.807) is 0 Å². The van der Waals surface area contributed by atoms with Crippen LogP contribution in [0.1, 0.15) is 97.3 Å². The second-order valence-corrected chi connectivity index (χ2v) is 6.93. The maximum Gasteiger partial charge on any atom is 0.00101 e. The molecule has 1 aliphatic rings. The molecule has 0 N–H and O–H groups in total. The summed E-state index contributed by atoms with van der Waals surface area (Å²) in [5.74, 6) is 1.02. The van der Waals surface area contributed by atoms with Crippen molar-refractivity contribution in [1.82, 2.24) is 4.90 Å². The zero-order chi connectivity index (χ0) is 14.5. The Morgan fingerprint density at radius 1 is 0.750 bits per heavy atom. The molecule has 0 spiro atoms. The number of hydrogen-bond acceptors (Lipinski definition) is 1. The minimum absolute atomic E-state index is 1.02. The number of likely N-dealkylation sites (tertiary alicyclic amines) is 1. The third-order valence-electron chi connectivity index (χ3n) is 4.88. The molecule has 0 bridgehead atoms. The van der Waals surface area contributed by atoms with Gasteiger partial charge in [-0.15, -0.1) is 0 Å². The molecule has 0 amide bonds. The molecule has 20 heavy (non-hydrogen) atoms. The van der Waals surface area contributed by atoms with Crippen LogP contribution in [0.25, 0.3) is 0 Å². The highest BCUT2D eigenvalue weighted by Gasteiger charge is 2.20. The molecule has 120 valence electrons. The number of nitrogens with zero attached hydrogens (tertiary/aromatic N) is 1. The SMILES string of the molecule is CCCCCCCCCCCCC1CCN(CCC)C1.